The lowest BCUT2D eigenvalue weighted by Crippen LogP contribution is -1.95. The fourth-order valence-electron chi connectivity index (χ4n) is 4.31. The van der Waals surface area contributed by atoms with Crippen LogP contribution in [-0.2, 0) is 0 Å². The highest BCUT2D eigenvalue weighted by Crippen LogP contribution is 3.05. The van der Waals surface area contributed by atoms with E-state index in [1.807, 2.05) is 0 Å². The lowest BCUT2D eigenvalue weighted by molar-refractivity contribution is 0.457. The summed E-state index contributed by atoms with van der Waals surface area (Å²) in [4.78, 5) is 0. The van der Waals surface area contributed by atoms with Gasteiger partial charge in [0.15, 0.2) is 0 Å². The second-order valence-corrected chi connectivity index (χ2v) is 6.52. The van der Waals surface area contributed by atoms with Crippen LogP contribution in [0.5, 0.6) is 0 Å². The van der Waals surface area contributed by atoms with E-state index in [0.29, 0.717) is 0 Å². The molecule has 3 aliphatic rings. The minimum absolute atomic E-state index is 0.938. The van der Waals surface area contributed by atoms with Gasteiger partial charge in [-0.3, -0.25) is 0 Å². The monoisotopic (exact) mass is 178 g/mol. The summed E-state index contributed by atoms with van der Waals surface area (Å²) in [6.07, 6.45) is 3.05. The summed E-state index contributed by atoms with van der Waals surface area (Å²) in [7, 11) is 0. The molecule has 0 heterocycles. The maximum Gasteiger partial charge on any atom is -0.0167 e. The summed E-state index contributed by atoms with van der Waals surface area (Å²) in [6.45, 7) is 9.51. The van der Waals surface area contributed by atoms with Crippen molar-refractivity contribution in [2.24, 2.45) is 40.9 Å². The molecule has 3 aliphatic carbocycles. The second kappa shape index (κ2) is 2.15. The van der Waals surface area contributed by atoms with Crippen LogP contribution in [0.3, 0.4) is 0 Å². The van der Waals surface area contributed by atoms with Crippen molar-refractivity contribution in [3.8, 4) is 0 Å². The molecule has 74 valence electrons. The van der Waals surface area contributed by atoms with Gasteiger partial charge < -0.3 is 0 Å². The Kier molecular flexibility index (Phi) is 1.37. The molecule has 0 radical (unpaired) electrons. The quantitative estimate of drug-likeness (QED) is 0.617. The molecule has 0 bridgehead atoms. The SMILES string of the molecule is CC(C)CC1C2C3C(CC(C)C)C123. The molecule has 0 N–H and O–H groups in total. The van der Waals surface area contributed by atoms with Crippen molar-refractivity contribution in [2.75, 3.05) is 0 Å². The van der Waals surface area contributed by atoms with Gasteiger partial charge in [0, 0.05) is 0 Å². The van der Waals surface area contributed by atoms with Crippen molar-refractivity contribution in [1.82, 2.24) is 0 Å². The van der Waals surface area contributed by atoms with Crippen LogP contribution >= 0.6 is 0 Å². The van der Waals surface area contributed by atoms with Gasteiger partial charge in [0.25, 0.3) is 0 Å². The number of rotatable bonds is 4. The lowest BCUT2D eigenvalue weighted by Gasteiger charge is -2.04. The van der Waals surface area contributed by atoms with Crippen molar-refractivity contribution >= 4 is 0 Å². The van der Waals surface area contributed by atoms with Gasteiger partial charge in [-0.1, -0.05) is 27.7 Å². The Morgan fingerprint density at radius 2 is 1.23 bits per heavy atom. The van der Waals surface area contributed by atoms with Crippen molar-refractivity contribution in [1.29, 1.82) is 0 Å². The predicted molar refractivity (Wildman–Crippen MR) is 55.3 cm³/mol. The van der Waals surface area contributed by atoms with Gasteiger partial charge in [-0.05, 0) is 53.8 Å². The second-order valence-electron chi connectivity index (χ2n) is 6.52. The van der Waals surface area contributed by atoms with Crippen LogP contribution in [0.2, 0.25) is 0 Å². The minimum Gasteiger partial charge on any atom is -0.0628 e. The fourth-order valence-corrected chi connectivity index (χ4v) is 4.31. The molecule has 4 atom stereocenters. The first-order valence-corrected chi connectivity index (χ1v) is 6.10. The predicted octanol–water partition coefficient (Wildman–Crippen LogP) is 3.57. The maximum atomic E-state index is 2.38. The zero-order valence-electron chi connectivity index (χ0n) is 9.38. The number of fused-ring (bicyclic) bond motifs is 1. The van der Waals surface area contributed by atoms with E-state index in [1.165, 1.54) is 36.5 Å². The van der Waals surface area contributed by atoms with E-state index in [2.05, 4.69) is 27.7 Å². The minimum atomic E-state index is 0.938. The van der Waals surface area contributed by atoms with E-state index in [0.717, 1.165) is 17.3 Å². The van der Waals surface area contributed by atoms with Crippen LogP contribution in [0.15, 0.2) is 0 Å². The maximum absolute atomic E-state index is 2.38. The molecule has 0 aliphatic heterocycles. The van der Waals surface area contributed by atoms with Crippen molar-refractivity contribution in [2.45, 2.75) is 40.5 Å². The lowest BCUT2D eigenvalue weighted by atomic mass is 10.0. The van der Waals surface area contributed by atoms with Crippen LogP contribution in [0.4, 0.5) is 0 Å². The largest absolute Gasteiger partial charge is 0.0628 e. The van der Waals surface area contributed by atoms with E-state index >= 15 is 0 Å². The third-order valence-electron chi connectivity index (χ3n) is 4.82. The van der Waals surface area contributed by atoms with Gasteiger partial charge in [-0.25, -0.2) is 0 Å². The molecular formula is C13H22. The molecule has 0 saturated heterocycles. The van der Waals surface area contributed by atoms with E-state index in [4.69, 9.17) is 0 Å². The van der Waals surface area contributed by atoms with Crippen LogP contribution < -0.4 is 0 Å². The zero-order chi connectivity index (χ0) is 9.38. The van der Waals surface area contributed by atoms with E-state index < -0.39 is 0 Å². The van der Waals surface area contributed by atoms with Gasteiger partial charge in [-0.2, -0.15) is 0 Å². The van der Waals surface area contributed by atoms with Crippen LogP contribution in [0.25, 0.3) is 0 Å². The highest BCUT2D eigenvalue weighted by Gasteiger charge is 3.01. The number of hydrogen-bond donors (Lipinski definition) is 0. The summed E-state index contributed by atoms with van der Waals surface area (Å²) >= 11 is 0. The molecule has 4 unspecified atom stereocenters. The highest BCUT2D eigenvalue weighted by atomic mass is 15.1. The first kappa shape index (κ1) is 8.32. The topological polar surface area (TPSA) is 0 Å². The van der Waals surface area contributed by atoms with Gasteiger partial charge >= 0.3 is 0 Å². The summed E-state index contributed by atoms with van der Waals surface area (Å²) < 4.78 is 0. The molecule has 0 heteroatoms. The first-order chi connectivity index (χ1) is 6.10. The Morgan fingerprint density at radius 3 is 1.54 bits per heavy atom. The zero-order valence-corrected chi connectivity index (χ0v) is 9.38. The van der Waals surface area contributed by atoms with Crippen molar-refractivity contribution in [3.05, 3.63) is 0 Å². The normalized spacial score (nSPS) is 54.9. The standard InChI is InChI=1S/C13H22/c1-7(2)5-9-11-12-10(6-8(3)4)13(9,11)12/h7-12H,5-6H2,1-4H3. The van der Waals surface area contributed by atoms with Gasteiger partial charge in [0.05, 0.1) is 0 Å². The first-order valence-electron chi connectivity index (χ1n) is 6.10. The Bertz CT molecular complexity index is 212. The van der Waals surface area contributed by atoms with Crippen LogP contribution in [0.1, 0.15) is 40.5 Å². The third kappa shape index (κ3) is 0.831. The molecule has 0 aromatic rings. The van der Waals surface area contributed by atoms with Gasteiger partial charge in [-0.15, -0.1) is 0 Å². The molecule has 1 spiro atoms. The van der Waals surface area contributed by atoms with Gasteiger partial charge in [0.2, 0.25) is 0 Å². The average molecular weight is 178 g/mol. The molecular weight excluding hydrogens is 156 g/mol. The third-order valence-corrected chi connectivity index (χ3v) is 4.82. The molecule has 3 saturated carbocycles. The molecule has 3 rings (SSSR count). The van der Waals surface area contributed by atoms with Gasteiger partial charge in [0.1, 0.15) is 0 Å². The summed E-state index contributed by atoms with van der Waals surface area (Å²) in [5, 5.41) is 0. The van der Waals surface area contributed by atoms with Crippen LogP contribution in [0, 0.1) is 40.9 Å². The smallest absolute Gasteiger partial charge is 0.0167 e. The number of hydrogen-bond acceptors (Lipinski definition) is 0. The summed E-state index contributed by atoms with van der Waals surface area (Å²) in [5.41, 5.74) is 0.981. The average Bonchev–Trinajstić information content (AvgIpc) is 2.83. The molecule has 13 heavy (non-hydrogen) atoms. The Morgan fingerprint density at radius 1 is 0.846 bits per heavy atom. The van der Waals surface area contributed by atoms with E-state index in [-0.39, 0.29) is 0 Å². The van der Waals surface area contributed by atoms with Crippen molar-refractivity contribution < 1.29 is 0 Å². The van der Waals surface area contributed by atoms with Crippen molar-refractivity contribution in [3.63, 3.8) is 0 Å². The highest BCUT2D eigenvalue weighted by molar-refractivity contribution is 5.48. The molecule has 0 nitrogen and oxygen atoms in total. The Balaban J connectivity index is 1.51. The Hall–Kier alpha value is 0. The Labute approximate surface area is 82.1 Å². The molecule has 0 aromatic carbocycles. The molecule has 0 aromatic heterocycles. The summed E-state index contributed by atoms with van der Waals surface area (Å²) in [6, 6.07) is 0. The fraction of sp³-hybridized carbons (Fsp3) is 1.00. The van der Waals surface area contributed by atoms with E-state index in [1.54, 1.807) is 0 Å². The van der Waals surface area contributed by atoms with E-state index in [9.17, 15) is 0 Å². The van der Waals surface area contributed by atoms with Crippen LogP contribution in [-0.4, -0.2) is 0 Å². The molecule has 0 amide bonds. The summed E-state index contributed by atoms with van der Waals surface area (Å²) in [5.74, 6) is 6.71. The molecule has 3 fully saturated rings.